The monoisotopic (exact) mass is 433 g/mol. The lowest BCUT2D eigenvalue weighted by molar-refractivity contribution is 0.281. The summed E-state index contributed by atoms with van der Waals surface area (Å²) >= 11 is 6.57. The molecule has 0 bridgehead atoms. The second-order valence-electron chi connectivity index (χ2n) is 4.49. The molecule has 0 aliphatic rings. The second-order valence-corrected chi connectivity index (χ2v) is 7.91. The van der Waals surface area contributed by atoms with Crippen LogP contribution in [-0.2, 0) is 16.6 Å². The molecule has 0 atom stereocenters. The van der Waals surface area contributed by atoms with Gasteiger partial charge in [-0.15, -0.1) is 0 Å². The molecule has 4 nitrogen and oxygen atoms in total. The zero-order chi connectivity index (χ0) is 15.6. The molecular weight excluding hydrogens is 422 g/mol. The summed E-state index contributed by atoms with van der Waals surface area (Å²) in [5.74, 6) is 0. The van der Waals surface area contributed by atoms with Crippen LogP contribution in [0.2, 0.25) is 0 Å². The molecule has 2 rings (SSSR count). The van der Waals surface area contributed by atoms with Gasteiger partial charge in [0.25, 0.3) is 10.0 Å². The molecule has 0 amide bonds. The van der Waals surface area contributed by atoms with Crippen LogP contribution in [0.15, 0.2) is 50.2 Å². The van der Waals surface area contributed by atoms with E-state index in [0.717, 1.165) is 10.0 Å². The summed E-state index contributed by atoms with van der Waals surface area (Å²) in [7, 11) is -3.74. The highest BCUT2D eigenvalue weighted by Gasteiger charge is 2.19. The van der Waals surface area contributed by atoms with Crippen molar-refractivity contribution in [3.8, 4) is 0 Å². The molecule has 0 heterocycles. The Bertz CT molecular complexity index is 776. The molecule has 0 saturated carbocycles. The number of hydrogen-bond donors (Lipinski definition) is 2. The average molecular weight is 435 g/mol. The van der Waals surface area contributed by atoms with Crippen molar-refractivity contribution in [2.24, 2.45) is 0 Å². The van der Waals surface area contributed by atoms with Crippen LogP contribution in [0.3, 0.4) is 0 Å². The molecule has 2 aromatic carbocycles. The quantitative estimate of drug-likeness (QED) is 0.768. The number of sulfonamides is 1. The second kappa shape index (κ2) is 6.48. The molecule has 21 heavy (non-hydrogen) atoms. The van der Waals surface area contributed by atoms with Gasteiger partial charge in [0.2, 0.25) is 0 Å². The van der Waals surface area contributed by atoms with E-state index in [1.165, 1.54) is 6.07 Å². The van der Waals surface area contributed by atoms with Crippen LogP contribution < -0.4 is 4.72 Å². The van der Waals surface area contributed by atoms with Gasteiger partial charge in [-0.1, -0.05) is 22.0 Å². The summed E-state index contributed by atoms with van der Waals surface area (Å²) < 4.78 is 28.9. The van der Waals surface area contributed by atoms with E-state index in [1.807, 2.05) is 13.0 Å². The van der Waals surface area contributed by atoms with Crippen LogP contribution in [0, 0.1) is 6.92 Å². The first-order chi connectivity index (χ1) is 9.83. The predicted molar refractivity (Wildman–Crippen MR) is 89.8 cm³/mol. The van der Waals surface area contributed by atoms with Crippen molar-refractivity contribution in [2.45, 2.75) is 18.4 Å². The SMILES string of the molecule is Cc1cc(Br)ccc1NS(=O)(=O)c1cc(CO)ccc1Br. The highest BCUT2D eigenvalue weighted by atomic mass is 79.9. The molecule has 0 saturated heterocycles. The first kappa shape index (κ1) is 16.5. The Hall–Kier alpha value is -0.890. The number of hydrogen-bond acceptors (Lipinski definition) is 3. The third-order valence-electron chi connectivity index (χ3n) is 2.90. The molecule has 7 heteroatoms. The van der Waals surface area contributed by atoms with Gasteiger partial charge in [0.05, 0.1) is 12.3 Å². The summed E-state index contributed by atoms with van der Waals surface area (Å²) in [4.78, 5) is 0.0939. The topological polar surface area (TPSA) is 66.4 Å². The standard InChI is InChI=1S/C14H13Br2NO3S/c1-9-6-11(15)3-5-13(9)17-21(19,20)14-7-10(8-18)2-4-12(14)16/h2-7,17-18H,8H2,1H3. The fraction of sp³-hybridized carbons (Fsp3) is 0.143. The minimum Gasteiger partial charge on any atom is -0.392 e. The number of aliphatic hydroxyl groups excluding tert-OH is 1. The van der Waals surface area contributed by atoms with Crippen molar-refractivity contribution < 1.29 is 13.5 Å². The first-order valence-corrected chi connectivity index (χ1v) is 9.08. The minimum absolute atomic E-state index is 0.0939. The van der Waals surface area contributed by atoms with Gasteiger partial charge in [-0.05, 0) is 64.3 Å². The normalized spacial score (nSPS) is 11.4. The van der Waals surface area contributed by atoms with E-state index < -0.39 is 10.0 Å². The van der Waals surface area contributed by atoms with Gasteiger partial charge in [-0.3, -0.25) is 4.72 Å². The van der Waals surface area contributed by atoms with Crippen molar-refractivity contribution in [2.75, 3.05) is 4.72 Å². The zero-order valence-electron chi connectivity index (χ0n) is 11.1. The summed E-state index contributed by atoms with van der Waals surface area (Å²) in [5.41, 5.74) is 1.85. The summed E-state index contributed by atoms with van der Waals surface area (Å²) in [5, 5.41) is 9.15. The van der Waals surface area contributed by atoms with E-state index in [1.54, 1.807) is 24.3 Å². The lowest BCUT2D eigenvalue weighted by Crippen LogP contribution is -2.14. The van der Waals surface area contributed by atoms with Gasteiger partial charge in [0.15, 0.2) is 0 Å². The van der Waals surface area contributed by atoms with Gasteiger partial charge >= 0.3 is 0 Å². The number of benzene rings is 2. The number of aliphatic hydroxyl groups is 1. The Morgan fingerprint density at radius 1 is 1.14 bits per heavy atom. The van der Waals surface area contributed by atoms with E-state index in [4.69, 9.17) is 5.11 Å². The Morgan fingerprint density at radius 2 is 1.86 bits per heavy atom. The Kier molecular flexibility index (Phi) is 5.08. The van der Waals surface area contributed by atoms with Crippen LogP contribution in [-0.4, -0.2) is 13.5 Å². The number of rotatable bonds is 4. The fourth-order valence-corrected chi connectivity index (χ4v) is 4.41. The maximum absolute atomic E-state index is 12.5. The summed E-state index contributed by atoms with van der Waals surface area (Å²) in [6, 6.07) is 10.0. The first-order valence-electron chi connectivity index (χ1n) is 6.02. The maximum atomic E-state index is 12.5. The number of halogens is 2. The van der Waals surface area contributed by atoms with Crippen LogP contribution in [0.25, 0.3) is 0 Å². The third kappa shape index (κ3) is 3.85. The lowest BCUT2D eigenvalue weighted by Gasteiger charge is -2.13. The highest BCUT2D eigenvalue weighted by Crippen LogP contribution is 2.27. The van der Waals surface area contributed by atoms with Crippen molar-refractivity contribution in [1.82, 2.24) is 0 Å². The third-order valence-corrected chi connectivity index (χ3v) is 5.75. The fourth-order valence-electron chi connectivity index (χ4n) is 1.79. The molecule has 0 fully saturated rings. The number of nitrogens with one attached hydrogen (secondary N) is 1. The van der Waals surface area contributed by atoms with Crippen molar-refractivity contribution in [3.05, 3.63) is 56.5 Å². The van der Waals surface area contributed by atoms with Gasteiger partial charge < -0.3 is 5.11 Å². The van der Waals surface area contributed by atoms with E-state index in [2.05, 4.69) is 36.6 Å². The average Bonchev–Trinajstić information content (AvgIpc) is 2.42. The smallest absolute Gasteiger partial charge is 0.263 e. The van der Waals surface area contributed by atoms with Gasteiger partial charge in [-0.2, -0.15) is 0 Å². The molecule has 0 aromatic heterocycles. The molecule has 0 spiro atoms. The van der Waals surface area contributed by atoms with Crippen LogP contribution >= 0.6 is 31.9 Å². The predicted octanol–water partition coefficient (Wildman–Crippen LogP) is 3.81. The van der Waals surface area contributed by atoms with Crippen LogP contribution in [0.5, 0.6) is 0 Å². The van der Waals surface area contributed by atoms with E-state index in [-0.39, 0.29) is 11.5 Å². The molecule has 0 unspecified atom stereocenters. The number of aryl methyl sites for hydroxylation is 1. The molecule has 0 aliphatic carbocycles. The van der Waals surface area contributed by atoms with Gasteiger partial charge in [0, 0.05) is 8.95 Å². The molecule has 0 aliphatic heterocycles. The molecule has 112 valence electrons. The maximum Gasteiger partial charge on any atom is 0.263 e. The summed E-state index contributed by atoms with van der Waals surface area (Å²) in [6.07, 6.45) is 0. The van der Waals surface area contributed by atoms with Crippen molar-refractivity contribution in [1.29, 1.82) is 0 Å². The lowest BCUT2D eigenvalue weighted by atomic mass is 10.2. The van der Waals surface area contributed by atoms with E-state index >= 15 is 0 Å². The highest BCUT2D eigenvalue weighted by molar-refractivity contribution is 9.10. The molecular formula is C14H13Br2NO3S. The summed E-state index contributed by atoms with van der Waals surface area (Å²) in [6.45, 7) is 1.61. The van der Waals surface area contributed by atoms with E-state index in [0.29, 0.717) is 15.7 Å². The Morgan fingerprint density at radius 3 is 2.48 bits per heavy atom. The van der Waals surface area contributed by atoms with E-state index in [9.17, 15) is 8.42 Å². The zero-order valence-corrected chi connectivity index (χ0v) is 15.1. The molecule has 0 radical (unpaired) electrons. The van der Waals surface area contributed by atoms with Crippen LogP contribution in [0.1, 0.15) is 11.1 Å². The van der Waals surface area contributed by atoms with Crippen LogP contribution in [0.4, 0.5) is 5.69 Å². The van der Waals surface area contributed by atoms with Gasteiger partial charge in [0.1, 0.15) is 4.90 Å². The minimum atomic E-state index is -3.74. The van der Waals surface area contributed by atoms with Crippen molar-refractivity contribution >= 4 is 47.6 Å². The Balaban J connectivity index is 2.43. The number of anilines is 1. The molecule has 2 N–H and O–H groups in total. The van der Waals surface area contributed by atoms with Gasteiger partial charge in [-0.25, -0.2) is 8.42 Å². The largest absolute Gasteiger partial charge is 0.392 e. The Labute approximate surface area is 140 Å². The van der Waals surface area contributed by atoms with Crippen molar-refractivity contribution in [3.63, 3.8) is 0 Å². The molecule has 2 aromatic rings.